The first-order valence-corrected chi connectivity index (χ1v) is 8.83. The van der Waals surface area contributed by atoms with Gasteiger partial charge < -0.3 is 15.0 Å². The number of anilines is 1. The standard InChI is InChI=1S/C18H20N2O3S/c1-23-8-7-20(11-13-6-9-24-12-13)18(22)19-15-3-4-16-14(10-15)2-5-17(16)21/h3-4,6,9-10,12H,2,5,7-8,11H2,1H3,(H,19,22). The van der Waals surface area contributed by atoms with Crippen LogP contribution in [-0.4, -0.2) is 37.0 Å². The van der Waals surface area contributed by atoms with E-state index in [9.17, 15) is 9.59 Å². The third kappa shape index (κ3) is 3.83. The summed E-state index contributed by atoms with van der Waals surface area (Å²) in [7, 11) is 1.62. The first-order valence-electron chi connectivity index (χ1n) is 7.89. The molecule has 0 saturated carbocycles. The van der Waals surface area contributed by atoms with Crippen LogP contribution in [0.1, 0.15) is 27.9 Å². The molecule has 0 spiro atoms. The van der Waals surface area contributed by atoms with Gasteiger partial charge in [-0.05, 0) is 52.6 Å². The van der Waals surface area contributed by atoms with Gasteiger partial charge in [-0.3, -0.25) is 4.79 Å². The number of benzene rings is 1. The van der Waals surface area contributed by atoms with Gasteiger partial charge in [-0.1, -0.05) is 0 Å². The maximum Gasteiger partial charge on any atom is 0.322 e. The lowest BCUT2D eigenvalue weighted by Crippen LogP contribution is -2.36. The van der Waals surface area contributed by atoms with Crippen LogP contribution in [0.3, 0.4) is 0 Å². The molecule has 6 heteroatoms. The van der Waals surface area contributed by atoms with Crippen molar-refractivity contribution in [2.75, 3.05) is 25.6 Å². The van der Waals surface area contributed by atoms with Gasteiger partial charge in [0.2, 0.25) is 0 Å². The Morgan fingerprint density at radius 3 is 2.96 bits per heavy atom. The largest absolute Gasteiger partial charge is 0.383 e. The number of carbonyl (C=O) groups excluding carboxylic acids is 2. The number of hydrogen-bond acceptors (Lipinski definition) is 4. The molecule has 126 valence electrons. The molecule has 2 amide bonds. The smallest absolute Gasteiger partial charge is 0.322 e. The molecule has 3 rings (SSSR count). The summed E-state index contributed by atoms with van der Waals surface area (Å²) in [6.45, 7) is 1.54. The Balaban J connectivity index is 1.69. The van der Waals surface area contributed by atoms with Gasteiger partial charge in [0.25, 0.3) is 0 Å². The summed E-state index contributed by atoms with van der Waals surface area (Å²) >= 11 is 1.61. The molecule has 0 radical (unpaired) electrons. The van der Waals surface area contributed by atoms with Crippen molar-refractivity contribution in [2.45, 2.75) is 19.4 Å². The molecule has 1 aromatic carbocycles. The van der Waals surface area contributed by atoms with Crippen molar-refractivity contribution < 1.29 is 14.3 Å². The lowest BCUT2D eigenvalue weighted by Gasteiger charge is -2.22. The summed E-state index contributed by atoms with van der Waals surface area (Å²) < 4.78 is 5.11. The second-order valence-corrected chi connectivity index (χ2v) is 6.55. The molecule has 5 nitrogen and oxygen atoms in total. The number of Topliss-reactive ketones (excluding diaryl/α,β-unsaturated/α-hetero) is 1. The van der Waals surface area contributed by atoms with Crippen LogP contribution in [0, 0.1) is 0 Å². The molecular formula is C18H20N2O3S. The monoisotopic (exact) mass is 344 g/mol. The Labute approximate surface area is 145 Å². The minimum atomic E-state index is -0.164. The number of nitrogens with zero attached hydrogens (tertiary/aromatic N) is 1. The quantitative estimate of drug-likeness (QED) is 0.872. The van der Waals surface area contributed by atoms with Gasteiger partial charge >= 0.3 is 6.03 Å². The van der Waals surface area contributed by atoms with Gasteiger partial charge in [-0.2, -0.15) is 11.3 Å². The number of urea groups is 1. The highest BCUT2D eigenvalue weighted by Crippen LogP contribution is 2.25. The number of amides is 2. The average molecular weight is 344 g/mol. The third-order valence-electron chi connectivity index (χ3n) is 4.08. The number of methoxy groups -OCH3 is 1. The summed E-state index contributed by atoms with van der Waals surface area (Å²) in [5, 5.41) is 6.97. The van der Waals surface area contributed by atoms with Gasteiger partial charge in [0.15, 0.2) is 5.78 Å². The molecule has 1 N–H and O–H groups in total. The number of rotatable bonds is 6. The number of carbonyl (C=O) groups is 2. The number of hydrogen-bond donors (Lipinski definition) is 1. The fraction of sp³-hybridized carbons (Fsp3) is 0.333. The highest BCUT2D eigenvalue weighted by Gasteiger charge is 2.20. The normalized spacial score (nSPS) is 13.0. The van der Waals surface area contributed by atoms with Crippen LogP contribution in [-0.2, 0) is 17.7 Å². The summed E-state index contributed by atoms with van der Waals surface area (Å²) in [5.41, 5.74) is 3.62. The summed E-state index contributed by atoms with van der Waals surface area (Å²) in [6.07, 6.45) is 1.31. The number of ketones is 1. The molecule has 0 bridgehead atoms. The van der Waals surface area contributed by atoms with Crippen molar-refractivity contribution in [3.05, 3.63) is 51.7 Å². The summed E-state index contributed by atoms with van der Waals surface area (Å²) in [4.78, 5) is 26.0. The summed E-state index contributed by atoms with van der Waals surface area (Å²) in [6, 6.07) is 7.34. The molecule has 24 heavy (non-hydrogen) atoms. The molecule has 0 saturated heterocycles. The lowest BCUT2D eigenvalue weighted by molar-refractivity contribution is 0.0994. The molecule has 1 aromatic heterocycles. The van der Waals surface area contributed by atoms with E-state index in [1.165, 1.54) is 0 Å². The number of fused-ring (bicyclic) bond motifs is 1. The molecule has 2 aromatic rings. The second kappa shape index (κ2) is 7.59. The van der Waals surface area contributed by atoms with Gasteiger partial charge in [-0.15, -0.1) is 0 Å². The van der Waals surface area contributed by atoms with Crippen molar-refractivity contribution in [1.29, 1.82) is 0 Å². The number of ether oxygens (including phenoxy) is 1. The Bertz CT molecular complexity index is 728. The molecule has 0 aliphatic heterocycles. The molecule has 0 fully saturated rings. The highest BCUT2D eigenvalue weighted by atomic mass is 32.1. The Hall–Kier alpha value is -2.18. The van der Waals surface area contributed by atoms with E-state index >= 15 is 0 Å². The predicted octanol–water partition coefficient (Wildman–Crippen LogP) is 3.56. The average Bonchev–Trinajstić information content (AvgIpc) is 3.21. The van der Waals surface area contributed by atoms with E-state index in [4.69, 9.17) is 4.74 Å². The Morgan fingerprint density at radius 1 is 1.33 bits per heavy atom. The predicted molar refractivity (Wildman–Crippen MR) is 94.7 cm³/mol. The van der Waals surface area contributed by atoms with E-state index in [2.05, 4.69) is 5.32 Å². The first kappa shape index (κ1) is 16.7. The maximum absolute atomic E-state index is 12.6. The Morgan fingerprint density at radius 2 is 2.21 bits per heavy atom. The lowest BCUT2D eigenvalue weighted by atomic mass is 10.1. The number of nitrogens with one attached hydrogen (secondary N) is 1. The molecular weight excluding hydrogens is 324 g/mol. The number of thiophene rings is 1. The van der Waals surface area contributed by atoms with Crippen LogP contribution in [0.15, 0.2) is 35.0 Å². The maximum atomic E-state index is 12.6. The summed E-state index contributed by atoms with van der Waals surface area (Å²) in [5.74, 6) is 0.182. The minimum Gasteiger partial charge on any atom is -0.383 e. The van der Waals surface area contributed by atoms with Crippen molar-refractivity contribution in [1.82, 2.24) is 4.90 Å². The molecule has 1 aliphatic carbocycles. The van der Waals surface area contributed by atoms with E-state index in [-0.39, 0.29) is 11.8 Å². The first-order chi connectivity index (χ1) is 11.7. The van der Waals surface area contributed by atoms with Gasteiger partial charge in [0.1, 0.15) is 0 Å². The van der Waals surface area contributed by atoms with Crippen LogP contribution >= 0.6 is 11.3 Å². The third-order valence-corrected chi connectivity index (χ3v) is 4.82. The van der Waals surface area contributed by atoms with Crippen LogP contribution in [0.5, 0.6) is 0 Å². The molecule has 0 unspecified atom stereocenters. The van der Waals surface area contributed by atoms with Crippen LogP contribution in [0.25, 0.3) is 0 Å². The molecule has 1 aliphatic rings. The van der Waals surface area contributed by atoms with Gasteiger partial charge in [0, 0.05) is 37.9 Å². The van der Waals surface area contributed by atoms with Crippen molar-refractivity contribution in [2.24, 2.45) is 0 Å². The van der Waals surface area contributed by atoms with Crippen LogP contribution in [0.2, 0.25) is 0 Å². The van der Waals surface area contributed by atoms with E-state index < -0.39 is 0 Å². The van der Waals surface area contributed by atoms with Crippen molar-refractivity contribution in [3.63, 3.8) is 0 Å². The van der Waals surface area contributed by atoms with E-state index in [1.807, 2.05) is 22.9 Å². The highest BCUT2D eigenvalue weighted by molar-refractivity contribution is 7.07. The van der Waals surface area contributed by atoms with E-state index in [0.717, 1.165) is 28.8 Å². The van der Waals surface area contributed by atoms with Gasteiger partial charge in [-0.25, -0.2) is 4.79 Å². The SMILES string of the molecule is COCCN(Cc1ccsc1)C(=O)Nc1ccc2c(c1)CCC2=O. The zero-order chi connectivity index (χ0) is 16.9. The minimum absolute atomic E-state index is 0.164. The zero-order valence-corrected chi connectivity index (χ0v) is 14.4. The van der Waals surface area contributed by atoms with Crippen LogP contribution in [0.4, 0.5) is 10.5 Å². The van der Waals surface area contributed by atoms with Crippen LogP contribution < -0.4 is 5.32 Å². The fourth-order valence-corrected chi connectivity index (χ4v) is 3.45. The second-order valence-electron chi connectivity index (χ2n) is 5.77. The number of aryl methyl sites for hydroxylation is 1. The van der Waals surface area contributed by atoms with E-state index in [0.29, 0.717) is 26.1 Å². The Kier molecular flexibility index (Phi) is 5.27. The van der Waals surface area contributed by atoms with E-state index in [1.54, 1.807) is 35.5 Å². The molecule has 0 atom stereocenters. The zero-order valence-electron chi connectivity index (χ0n) is 13.6. The topological polar surface area (TPSA) is 58.6 Å². The fourth-order valence-electron chi connectivity index (χ4n) is 2.79. The van der Waals surface area contributed by atoms with Crippen molar-refractivity contribution >= 4 is 28.8 Å². The van der Waals surface area contributed by atoms with Crippen molar-refractivity contribution in [3.8, 4) is 0 Å². The van der Waals surface area contributed by atoms with Gasteiger partial charge in [0.05, 0.1) is 6.61 Å². The molecule has 1 heterocycles.